The SMILES string of the molecule is CCc1ccc(CN(C)C(=O)COC(=O)c2ccccc2S(=O)(=O)N(C)c2ccccc2)cc1. The van der Waals surface area contributed by atoms with Crippen molar-refractivity contribution in [2.75, 3.05) is 25.0 Å². The van der Waals surface area contributed by atoms with Gasteiger partial charge < -0.3 is 9.64 Å². The van der Waals surface area contributed by atoms with Gasteiger partial charge in [0, 0.05) is 20.6 Å². The van der Waals surface area contributed by atoms with Crippen molar-refractivity contribution in [3.05, 3.63) is 95.6 Å². The molecule has 0 aliphatic rings. The number of hydrogen-bond donors (Lipinski definition) is 0. The maximum Gasteiger partial charge on any atom is 0.340 e. The minimum absolute atomic E-state index is 0.129. The zero-order valence-electron chi connectivity index (χ0n) is 19.5. The van der Waals surface area contributed by atoms with Gasteiger partial charge in [-0.2, -0.15) is 0 Å². The molecule has 0 spiro atoms. The van der Waals surface area contributed by atoms with Crippen molar-refractivity contribution < 1.29 is 22.7 Å². The van der Waals surface area contributed by atoms with Crippen molar-refractivity contribution in [1.29, 1.82) is 0 Å². The number of carbonyl (C=O) groups is 2. The van der Waals surface area contributed by atoms with E-state index in [4.69, 9.17) is 4.74 Å². The van der Waals surface area contributed by atoms with Crippen LogP contribution >= 0.6 is 0 Å². The van der Waals surface area contributed by atoms with Gasteiger partial charge >= 0.3 is 5.97 Å². The highest BCUT2D eigenvalue weighted by molar-refractivity contribution is 7.92. The summed E-state index contributed by atoms with van der Waals surface area (Å²) >= 11 is 0. The Balaban J connectivity index is 1.69. The molecule has 0 aliphatic carbocycles. The average molecular weight is 481 g/mol. The molecule has 0 saturated heterocycles. The molecule has 0 bridgehead atoms. The number of hydrogen-bond acceptors (Lipinski definition) is 5. The van der Waals surface area contributed by atoms with Crippen LogP contribution in [0.3, 0.4) is 0 Å². The predicted molar refractivity (Wildman–Crippen MR) is 131 cm³/mol. The summed E-state index contributed by atoms with van der Waals surface area (Å²) in [5.74, 6) is -1.27. The quantitative estimate of drug-likeness (QED) is 0.434. The molecule has 0 N–H and O–H groups in total. The third-order valence-electron chi connectivity index (χ3n) is 5.47. The first kappa shape index (κ1) is 25.0. The molecule has 0 atom stereocenters. The Morgan fingerprint density at radius 2 is 1.41 bits per heavy atom. The Hall–Kier alpha value is -3.65. The molecule has 0 saturated carbocycles. The van der Waals surface area contributed by atoms with Crippen LogP contribution in [-0.4, -0.2) is 45.9 Å². The van der Waals surface area contributed by atoms with E-state index in [0.717, 1.165) is 16.3 Å². The van der Waals surface area contributed by atoms with Crippen LogP contribution in [0.1, 0.15) is 28.4 Å². The third kappa shape index (κ3) is 5.82. The largest absolute Gasteiger partial charge is 0.452 e. The van der Waals surface area contributed by atoms with Crippen molar-refractivity contribution >= 4 is 27.6 Å². The average Bonchev–Trinajstić information content (AvgIpc) is 2.87. The number of anilines is 1. The Labute approximate surface area is 200 Å². The van der Waals surface area contributed by atoms with E-state index in [1.165, 1.54) is 35.7 Å². The molecule has 1 amide bonds. The summed E-state index contributed by atoms with van der Waals surface area (Å²) in [5, 5.41) is 0. The summed E-state index contributed by atoms with van der Waals surface area (Å²) in [6, 6.07) is 22.3. The van der Waals surface area contributed by atoms with E-state index < -0.39 is 28.5 Å². The maximum absolute atomic E-state index is 13.2. The van der Waals surface area contributed by atoms with E-state index >= 15 is 0 Å². The van der Waals surface area contributed by atoms with Crippen LogP contribution in [0.25, 0.3) is 0 Å². The molecule has 178 valence electrons. The van der Waals surface area contributed by atoms with Crippen LogP contribution < -0.4 is 4.31 Å². The molecule has 0 radical (unpaired) electrons. The van der Waals surface area contributed by atoms with Gasteiger partial charge in [0.2, 0.25) is 0 Å². The first-order valence-electron chi connectivity index (χ1n) is 10.9. The van der Waals surface area contributed by atoms with Crippen molar-refractivity contribution in [3.63, 3.8) is 0 Å². The van der Waals surface area contributed by atoms with Gasteiger partial charge in [0.25, 0.3) is 15.9 Å². The zero-order chi connectivity index (χ0) is 24.7. The molecule has 3 aromatic rings. The van der Waals surface area contributed by atoms with Gasteiger partial charge in [0.15, 0.2) is 6.61 Å². The minimum atomic E-state index is -4.03. The monoisotopic (exact) mass is 480 g/mol. The summed E-state index contributed by atoms with van der Waals surface area (Å²) in [5.41, 5.74) is 2.49. The fourth-order valence-electron chi connectivity index (χ4n) is 3.34. The van der Waals surface area contributed by atoms with Crippen LogP contribution in [-0.2, 0) is 32.5 Å². The zero-order valence-corrected chi connectivity index (χ0v) is 20.3. The van der Waals surface area contributed by atoms with Gasteiger partial charge in [0.05, 0.1) is 11.3 Å². The number of carbonyl (C=O) groups excluding carboxylic acids is 2. The summed E-state index contributed by atoms with van der Waals surface area (Å²) in [6.07, 6.45) is 0.934. The Morgan fingerprint density at radius 3 is 2.06 bits per heavy atom. The molecular weight excluding hydrogens is 452 g/mol. The summed E-state index contributed by atoms with van der Waals surface area (Å²) in [6.45, 7) is 1.95. The van der Waals surface area contributed by atoms with E-state index in [-0.39, 0.29) is 10.5 Å². The number of aryl methyl sites for hydroxylation is 1. The van der Waals surface area contributed by atoms with Crippen LogP contribution in [0.4, 0.5) is 5.69 Å². The van der Waals surface area contributed by atoms with Crippen LogP contribution in [0.5, 0.6) is 0 Å². The van der Waals surface area contributed by atoms with E-state index in [1.807, 2.05) is 24.3 Å². The van der Waals surface area contributed by atoms with Crippen molar-refractivity contribution in [2.45, 2.75) is 24.8 Å². The fraction of sp³-hybridized carbons (Fsp3) is 0.231. The van der Waals surface area contributed by atoms with E-state index in [2.05, 4.69) is 6.92 Å². The van der Waals surface area contributed by atoms with Gasteiger partial charge in [-0.25, -0.2) is 13.2 Å². The normalized spacial score (nSPS) is 11.0. The number of rotatable bonds is 9. The molecule has 3 aromatic carbocycles. The number of sulfonamides is 1. The van der Waals surface area contributed by atoms with Crippen LogP contribution in [0.15, 0.2) is 83.8 Å². The van der Waals surface area contributed by atoms with E-state index in [0.29, 0.717) is 12.2 Å². The fourth-order valence-corrected chi connectivity index (χ4v) is 4.72. The highest BCUT2D eigenvalue weighted by Crippen LogP contribution is 2.25. The molecule has 0 aromatic heterocycles. The van der Waals surface area contributed by atoms with Gasteiger partial charge in [0.1, 0.15) is 4.90 Å². The number of para-hydroxylation sites is 1. The number of ether oxygens (including phenoxy) is 1. The summed E-state index contributed by atoms with van der Waals surface area (Å²) in [7, 11) is -0.995. The first-order chi connectivity index (χ1) is 16.2. The lowest BCUT2D eigenvalue weighted by atomic mass is 10.1. The minimum Gasteiger partial charge on any atom is -0.452 e. The second-order valence-corrected chi connectivity index (χ2v) is 9.74. The van der Waals surface area contributed by atoms with Crippen molar-refractivity contribution in [2.24, 2.45) is 0 Å². The topological polar surface area (TPSA) is 84.0 Å². The lowest BCUT2D eigenvalue weighted by Crippen LogP contribution is -2.31. The summed E-state index contributed by atoms with van der Waals surface area (Å²) in [4.78, 5) is 26.5. The number of amides is 1. The number of esters is 1. The highest BCUT2D eigenvalue weighted by Gasteiger charge is 2.28. The molecule has 0 fully saturated rings. The Kier molecular flexibility index (Phi) is 8.07. The predicted octanol–water partition coefficient (Wildman–Crippen LogP) is 3.89. The molecule has 0 unspecified atom stereocenters. The Bertz CT molecular complexity index is 1240. The lowest BCUT2D eigenvalue weighted by molar-refractivity contribution is -0.133. The van der Waals surface area contributed by atoms with Gasteiger partial charge in [-0.15, -0.1) is 0 Å². The van der Waals surface area contributed by atoms with Gasteiger partial charge in [-0.3, -0.25) is 9.10 Å². The highest BCUT2D eigenvalue weighted by atomic mass is 32.2. The molecule has 0 heterocycles. The molecule has 3 rings (SSSR count). The standard InChI is InChI=1S/C26H28N2O5S/c1-4-20-14-16-21(17-15-20)18-27(2)25(29)19-33-26(30)23-12-8-9-13-24(23)34(31,32)28(3)22-10-6-5-7-11-22/h5-17H,4,18-19H2,1-3H3. The summed E-state index contributed by atoms with van der Waals surface area (Å²) < 4.78 is 32.7. The van der Waals surface area contributed by atoms with Gasteiger partial charge in [-0.1, -0.05) is 61.5 Å². The molecule has 0 aliphatic heterocycles. The van der Waals surface area contributed by atoms with E-state index in [1.54, 1.807) is 43.4 Å². The number of benzene rings is 3. The number of nitrogens with zero attached hydrogens (tertiary/aromatic N) is 2. The molecule has 7 nitrogen and oxygen atoms in total. The van der Waals surface area contributed by atoms with Crippen molar-refractivity contribution in [3.8, 4) is 0 Å². The van der Waals surface area contributed by atoms with Gasteiger partial charge in [-0.05, 0) is 41.8 Å². The second kappa shape index (κ2) is 11.0. The molecule has 34 heavy (non-hydrogen) atoms. The number of likely N-dealkylation sites (N-methyl/N-ethyl adjacent to an activating group) is 1. The molecule has 8 heteroatoms. The van der Waals surface area contributed by atoms with Crippen molar-refractivity contribution in [1.82, 2.24) is 4.90 Å². The Morgan fingerprint density at radius 1 is 0.824 bits per heavy atom. The third-order valence-corrected chi connectivity index (χ3v) is 7.31. The first-order valence-corrected chi connectivity index (χ1v) is 12.3. The second-order valence-electron chi connectivity index (χ2n) is 7.80. The lowest BCUT2D eigenvalue weighted by Gasteiger charge is -2.21. The van der Waals surface area contributed by atoms with E-state index in [9.17, 15) is 18.0 Å². The smallest absolute Gasteiger partial charge is 0.340 e. The maximum atomic E-state index is 13.2. The molecular formula is C26H28N2O5S. The van der Waals surface area contributed by atoms with Crippen LogP contribution in [0.2, 0.25) is 0 Å². The van der Waals surface area contributed by atoms with Crippen LogP contribution in [0, 0.1) is 0 Å².